The van der Waals surface area contributed by atoms with Gasteiger partial charge in [0.15, 0.2) is 0 Å². The van der Waals surface area contributed by atoms with Gasteiger partial charge in [-0.15, -0.1) is 6.58 Å². The maximum absolute atomic E-state index is 8.30. The van der Waals surface area contributed by atoms with Gasteiger partial charge in [-0.1, -0.05) is 6.08 Å². The van der Waals surface area contributed by atoms with Crippen LogP contribution in [-0.2, 0) is 0 Å². The van der Waals surface area contributed by atoms with Crippen LogP contribution in [-0.4, -0.2) is 0 Å². The molecule has 0 aromatic heterocycles. The van der Waals surface area contributed by atoms with Crippen LogP contribution >= 0.6 is 0 Å². The number of nitrogens with zero attached hydrogens (tertiary/aromatic N) is 1. The molecule has 1 unspecified atom stereocenters. The highest BCUT2D eigenvalue weighted by molar-refractivity contribution is 4.84. The lowest BCUT2D eigenvalue weighted by atomic mass is 10.1. The van der Waals surface area contributed by atoms with Crippen molar-refractivity contribution in [3.05, 3.63) is 19.6 Å². The smallest absolute Gasteiger partial charge is 0.0655 e. The summed E-state index contributed by atoms with van der Waals surface area (Å²) in [5, 5.41) is 8.30. The monoisotopic (exact) mass is 122 g/mol. The summed E-state index contributed by atoms with van der Waals surface area (Å²) in [7, 11) is 0. The molecule has 1 radical (unpaired) electrons. The largest absolute Gasteiger partial charge is 0.198 e. The highest BCUT2D eigenvalue weighted by atomic mass is 14.2. The van der Waals surface area contributed by atoms with E-state index in [4.69, 9.17) is 5.26 Å². The molecule has 0 aromatic rings. The topological polar surface area (TPSA) is 23.8 Å². The Bertz CT molecular complexity index is 110. The van der Waals surface area contributed by atoms with Gasteiger partial charge in [0.2, 0.25) is 0 Å². The van der Waals surface area contributed by atoms with E-state index in [1.807, 2.05) is 6.08 Å². The first-order valence-corrected chi connectivity index (χ1v) is 3.15. The molecule has 0 aromatic carbocycles. The molecule has 0 aliphatic heterocycles. The van der Waals surface area contributed by atoms with Gasteiger partial charge in [0.05, 0.1) is 6.07 Å². The van der Waals surface area contributed by atoms with E-state index in [-0.39, 0.29) is 5.92 Å². The second kappa shape index (κ2) is 5.37. The second-order valence-corrected chi connectivity index (χ2v) is 2.05. The van der Waals surface area contributed by atoms with E-state index >= 15 is 0 Å². The normalized spacial score (nSPS) is 12.0. The van der Waals surface area contributed by atoms with Crippen molar-refractivity contribution in [2.24, 2.45) is 5.92 Å². The average molecular weight is 122 g/mol. The summed E-state index contributed by atoms with van der Waals surface area (Å²) < 4.78 is 0. The fourth-order valence-corrected chi connectivity index (χ4v) is 0.573. The predicted molar refractivity (Wildman–Crippen MR) is 38.5 cm³/mol. The molecule has 1 nitrogen and oxygen atoms in total. The first-order chi connectivity index (χ1) is 4.31. The Balaban J connectivity index is 3.08. The third kappa shape index (κ3) is 5.10. The van der Waals surface area contributed by atoms with Crippen LogP contribution in [0.5, 0.6) is 0 Å². The van der Waals surface area contributed by atoms with Crippen molar-refractivity contribution in [1.29, 1.82) is 5.26 Å². The summed E-state index contributed by atoms with van der Waals surface area (Å²) in [6.07, 6.45) is 4.78. The van der Waals surface area contributed by atoms with Crippen molar-refractivity contribution in [3.63, 3.8) is 0 Å². The highest BCUT2D eigenvalue weighted by Gasteiger charge is 1.95. The molecule has 0 bridgehead atoms. The molecule has 0 heterocycles. The minimum absolute atomic E-state index is 0.0371. The molecule has 0 aliphatic rings. The molecule has 0 N–H and O–H groups in total. The van der Waals surface area contributed by atoms with Crippen LogP contribution < -0.4 is 0 Å². The summed E-state index contributed by atoms with van der Waals surface area (Å²) in [5.41, 5.74) is 0. The maximum atomic E-state index is 8.30. The van der Waals surface area contributed by atoms with Crippen molar-refractivity contribution in [1.82, 2.24) is 0 Å². The summed E-state index contributed by atoms with van der Waals surface area (Å²) in [5.74, 6) is -0.0371. The molecule has 0 aliphatic carbocycles. The second-order valence-electron chi connectivity index (χ2n) is 2.05. The van der Waals surface area contributed by atoms with E-state index in [2.05, 4.69) is 19.6 Å². The molecule has 49 valence electrons. The number of allylic oxidation sites excluding steroid dienone is 1. The fraction of sp³-hybridized carbons (Fsp3) is 0.500. The highest BCUT2D eigenvalue weighted by Crippen LogP contribution is 2.05. The molecule has 0 saturated heterocycles. The lowest BCUT2D eigenvalue weighted by Crippen LogP contribution is -1.88. The average Bonchev–Trinajstić information content (AvgIpc) is 1.89. The molecule has 9 heavy (non-hydrogen) atoms. The summed E-state index contributed by atoms with van der Waals surface area (Å²) >= 11 is 0. The molecule has 0 spiro atoms. The van der Waals surface area contributed by atoms with Gasteiger partial charge in [-0.2, -0.15) is 5.26 Å². The van der Waals surface area contributed by atoms with E-state index in [1.165, 1.54) is 0 Å². The quantitative estimate of drug-likeness (QED) is 0.414. The molecular weight excluding hydrogens is 110 g/mol. The van der Waals surface area contributed by atoms with Crippen molar-refractivity contribution >= 4 is 0 Å². The van der Waals surface area contributed by atoms with E-state index in [9.17, 15) is 0 Å². The van der Waals surface area contributed by atoms with Gasteiger partial charge < -0.3 is 0 Å². The zero-order valence-electron chi connectivity index (χ0n) is 5.64. The fourth-order valence-electron chi connectivity index (χ4n) is 0.573. The zero-order valence-corrected chi connectivity index (χ0v) is 5.64. The van der Waals surface area contributed by atoms with Gasteiger partial charge in [-0.3, -0.25) is 0 Å². The van der Waals surface area contributed by atoms with Gasteiger partial charge in [-0.25, -0.2) is 0 Å². The number of rotatable bonds is 4. The molecular formula is C8H12N. The van der Waals surface area contributed by atoms with Crippen LogP contribution in [0.1, 0.15) is 19.3 Å². The minimum atomic E-state index is -0.0371. The zero-order chi connectivity index (χ0) is 7.11. The molecule has 1 heteroatoms. The van der Waals surface area contributed by atoms with Crippen LogP contribution in [0.4, 0.5) is 0 Å². The summed E-state index contributed by atoms with van der Waals surface area (Å²) in [6.45, 7) is 7.21. The summed E-state index contributed by atoms with van der Waals surface area (Å²) in [4.78, 5) is 0. The van der Waals surface area contributed by atoms with E-state index in [1.54, 1.807) is 0 Å². The third-order valence-corrected chi connectivity index (χ3v) is 1.14. The summed E-state index contributed by atoms with van der Waals surface area (Å²) in [6, 6.07) is 2.08. The first kappa shape index (κ1) is 8.23. The minimum Gasteiger partial charge on any atom is -0.198 e. The Morgan fingerprint density at radius 3 is 2.78 bits per heavy atom. The Labute approximate surface area is 57.0 Å². The lowest BCUT2D eigenvalue weighted by molar-refractivity contribution is 0.668. The maximum Gasteiger partial charge on any atom is 0.0655 e. The Morgan fingerprint density at radius 2 is 2.33 bits per heavy atom. The standard InChI is InChI=1S/C8H12N/c1-3-4-5-6-8(2)7-9/h3,8H,1-2,4-6H2. The molecule has 0 fully saturated rings. The van der Waals surface area contributed by atoms with Crippen LogP contribution in [0.2, 0.25) is 0 Å². The van der Waals surface area contributed by atoms with Gasteiger partial charge in [-0.05, 0) is 26.2 Å². The van der Waals surface area contributed by atoms with Gasteiger partial charge in [0.1, 0.15) is 0 Å². The molecule has 0 saturated carbocycles. The SMILES string of the molecule is [CH2]C(C#N)CCCC=C. The Morgan fingerprint density at radius 1 is 1.67 bits per heavy atom. The predicted octanol–water partition coefficient (Wildman–Crippen LogP) is 2.32. The number of hydrogen-bond acceptors (Lipinski definition) is 1. The van der Waals surface area contributed by atoms with E-state index in [0.29, 0.717) is 0 Å². The van der Waals surface area contributed by atoms with Crippen molar-refractivity contribution < 1.29 is 0 Å². The van der Waals surface area contributed by atoms with Crippen LogP contribution in [0.25, 0.3) is 0 Å². The molecule has 0 amide bonds. The van der Waals surface area contributed by atoms with Crippen molar-refractivity contribution in [3.8, 4) is 6.07 Å². The first-order valence-electron chi connectivity index (χ1n) is 3.15. The van der Waals surface area contributed by atoms with Crippen LogP contribution in [0, 0.1) is 24.2 Å². The van der Waals surface area contributed by atoms with Crippen molar-refractivity contribution in [2.45, 2.75) is 19.3 Å². The number of unbranched alkanes of at least 4 members (excludes halogenated alkanes) is 1. The van der Waals surface area contributed by atoms with Gasteiger partial charge in [0.25, 0.3) is 0 Å². The Kier molecular flexibility index (Phi) is 4.91. The van der Waals surface area contributed by atoms with Gasteiger partial charge in [0, 0.05) is 5.92 Å². The van der Waals surface area contributed by atoms with Crippen LogP contribution in [0.3, 0.4) is 0 Å². The van der Waals surface area contributed by atoms with Gasteiger partial charge >= 0.3 is 0 Å². The number of nitriles is 1. The molecule has 1 atom stereocenters. The lowest BCUT2D eigenvalue weighted by Gasteiger charge is -1.96. The van der Waals surface area contributed by atoms with E-state index < -0.39 is 0 Å². The van der Waals surface area contributed by atoms with E-state index in [0.717, 1.165) is 19.3 Å². The van der Waals surface area contributed by atoms with Crippen molar-refractivity contribution in [2.75, 3.05) is 0 Å². The third-order valence-electron chi connectivity index (χ3n) is 1.14. The Hall–Kier alpha value is -0.770. The number of hydrogen-bond donors (Lipinski definition) is 0. The van der Waals surface area contributed by atoms with Crippen LogP contribution in [0.15, 0.2) is 12.7 Å². The molecule has 0 rings (SSSR count).